The van der Waals surface area contributed by atoms with Crippen LogP contribution in [0.4, 0.5) is 0 Å². The van der Waals surface area contributed by atoms with Gasteiger partial charge in [0.05, 0.1) is 0 Å². The van der Waals surface area contributed by atoms with Crippen LogP contribution in [0.2, 0.25) is 0 Å². The predicted molar refractivity (Wildman–Crippen MR) is 51.0 cm³/mol. The first-order valence-corrected chi connectivity index (χ1v) is 5.16. The maximum absolute atomic E-state index is 5.81. The highest BCUT2D eigenvalue weighted by molar-refractivity contribution is 4.94. The van der Waals surface area contributed by atoms with E-state index in [2.05, 4.69) is 11.9 Å². The van der Waals surface area contributed by atoms with Crippen molar-refractivity contribution in [3.8, 4) is 0 Å². The standard InChI is InChI=1S/C10H20N2/c1-12(9-3-4-9)8-10(7-11)5-2-6-10/h9H,2-8,11H2,1H3. The largest absolute Gasteiger partial charge is 0.330 e. The van der Waals surface area contributed by atoms with Gasteiger partial charge in [-0.2, -0.15) is 0 Å². The molecule has 2 saturated carbocycles. The van der Waals surface area contributed by atoms with Crippen molar-refractivity contribution in [3.63, 3.8) is 0 Å². The summed E-state index contributed by atoms with van der Waals surface area (Å²) in [5.41, 5.74) is 6.32. The molecule has 2 heteroatoms. The van der Waals surface area contributed by atoms with E-state index in [0.29, 0.717) is 5.41 Å². The summed E-state index contributed by atoms with van der Waals surface area (Å²) in [7, 11) is 2.26. The van der Waals surface area contributed by atoms with Crippen LogP contribution in [0.3, 0.4) is 0 Å². The van der Waals surface area contributed by atoms with E-state index in [-0.39, 0.29) is 0 Å². The normalized spacial score (nSPS) is 27.2. The number of hydrogen-bond donors (Lipinski definition) is 1. The van der Waals surface area contributed by atoms with Crippen molar-refractivity contribution in [1.29, 1.82) is 0 Å². The quantitative estimate of drug-likeness (QED) is 0.683. The molecule has 0 heterocycles. The summed E-state index contributed by atoms with van der Waals surface area (Å²) in [6.45, 7) is 2.14. The molecule has 0 spiro atoms. The van der Waals surface area contributed by atoms with Crippen LogP contribution in [0.15, 0.2) is 0 Å². The van der Waals surface area contributed by atoms with Gasteiger partial charge in [0.1, 0.15) is 0 Å². The van der Waals surface area contributed by atoms with E-state index in [1.54, 1.807) is 0 Å². The Kier molecular flexibility index (Phi) is 2.13. The van der Waals surface area contributed by atoms with Crippen LogP contribution < -0.4 is 5.73 Å². The van der Waals surface area contributed by atoms with Crippen LogP contribution in [0.1, 0.15) is 32.1 Å². The monoisotopic (exact) mass is 168 g/mol. The Balaban J connectivity index is 1.82. The highest BCUT2D eigenvalue weighted by atomic mass is 15.2. The lowest BCUT2D eigenvalue weighted by Gasteiger charge is -2.43. The average molecular weight is 168 g/mol. The van der Waals surface area contributed by atoms with E-state index < -0.39 is 0 Å². The zero-order chi connectivity index (χ0) is 8.60. The second-order valence-electron chi connectivity index (χ2n) is 4.70. The van der Waals surface area contributed by atoms with Crippen molar-refractivity contribution in [2.45, 2.75) is 38.1 Å². The van der Waals surface area contributed by atoms with Gasteiger partial charge in [0, 0.05) is 12.6 Å². The maximum atomic E-state index is 5.81. The Morgan fingerprint density at radius 1 is 1.42 bits per heavy atom. The van der Waals surface area contributed by atoms with Crippen LogP contribution in [-0.4, -0.2) is 31.1 Å². The first-order valence-electron chi connectivity index (χ1n) is 5.16. The molecule has 70 valence electrons. The molecule has 12 heavy (non-hydrogen) atoms. The van der Waals surface area contributed by atoms with Crippen LogP contribution >= 0.6 is 0 Å². The van der Waals surface area contributed by atoms with E-state index >= 15 is 0 Å². The third-order valence-corrected chi connectivity index (χ3v) is 3.60. The number of nitrogens with zero attached hydrogens (tertiary/aromatic N) is 1. The molecule has 0 saturated heterocycles. The molecule has 0 atom stereocenters. The molecule has 2 rings (SSSR count). The van der Waals surface area contributed by atoms with Gasteiger partial charge in [0.2, 0.25) is 0 Å². The van der Waals surface area contributed by atoms with Crippen LogP contribution in [-0.2, 0) is 0 Å². The van der Waals surface area contributed by atoms with Gasteiger partial charge < -0.3 is 10.6 Å². The SMILES string of the molecule is CN(CC1(CN)CCC1)C1CC1. The summed E-state index contributed by atoms with van der Waals surface area (Å²) in [6, 6.07) is 0.897. The predicted octanol–water partition coefficient (Wildman–Crippen LogP) is 1.21. The highest BCUT2D eigenvalue weighted by Gasteiger charge is 2.39. The van der Waals surface area contributed by atoms with Gasteiger partial charge in [0.15, 0.2) is 0 Å². The minimum atomic E-state index is 0.511. The number of rotatable bonds is 4. The summed E-state index contributed by atoms with van der Waals surface area (Å²) in [5.74, 6) is 0. The van der Waals surface area contributed by atoms with Gasteiger partial charge in [-0.3, -0.25) is 0 Å². The molecule has 0 bridgehead atoms. The summed E-state index contributed by atoms with van der Waals surface area (Å²) < 4.78 is 0. The van der Waals surface area contributed by atoms with Gasteiger partial charge in [0.25, 0.3) is 0 Å². The molecule has 2 N–H and O–H groups in total. The fraction of sp³-hybridized carbons (Fsp3) is 1.00. The van der Waals surface area contributed by atoms with E-state index in [1.165, 1.54) is 38.6 Å². The van der Waals surface area contributed by atoms with E-state index in [0.717, 1.165) is 12.6 Å². The molecule has 0 unspecified atom stereocenters. The van der Waals surface area contributed by atoms with Crippen molar-refractivity contribution in [2.75, 3.05) is 20.1 Å². The Labute approximate surface area is 75.1 Å². The lowest BCUT2D eigenvalue weighted by molar-refractivity contribution is 0.0843. The number of nitrogens with two attached hydrogens (primary N) is 1. The topological polar surface area (TPSA) is 29.3 Å². The van der Waals surface area contributed by atoms with Crippen LogP contribution in [0.5, 0.6) is 0 Å². The van der Waals surface area contributed by atoms with E-state index in [1.807, 2.05) is 0 Å². The first-order chi connectivity index (χ1) is 5.76. The molecule has 2 fully saturated rings. The van der Waals surface area contributed by atoms with Gasteiger partial charge >= 0.3 is 0 Å². The molecule has 2 nitrogen and oxygen atoms in total. The third-order valence-electron chi connectivity index (χ3n) is 3.60. The van der Waals surface area contributed by atoms with Gasteiger partial charge in [-0.1, -0.05) is 6.42 Å². The van der Waals surface area contributed by atoms with Crippen molar-refractivity contribution in [1.82, 2.24) is 4.90 Å². The zero-order valence-corrected chi connectivity index (χ0v) is 8.05. The Morgan fingerprint density at radius 2 is 2.08 bits per heavy atom. The molecule has 0 aliphatic heterocycles. The molecule has 0 radical (unpaired) electrons. The smallest absolute Gasteiger partial charge is 0.00936 e. The fourth-order valence-corrected chi connectivity index (χ4v) is 2.28. The zero-order valence-electron chi connectivity index (χ0n) is 8.05. The fourth-order valence-electron chi connectivity index (χ4n) is 2.28. The van der Waals surface area contributed by atoms with Gasteiger partial charge in [-0.05, 0) is 44.7 Å². The second-order valence-corrected chi connectivity index (χ2v) is 4.70. The van der Waals surface area contributed by atoms with Gasteiger partial charge in [-0.25, -0.2) is 0 Å². The summed E-state index contributed by atoms with van der Waals surface area (Å²) in [5, 5.41) is 0. The minimum absolute atomic E-state index is 0.511. The molecule has 0 aromatic heterocycles. The molecular weight excluding hydrogens is 148 g/mol. The van der Waals surface area contributed by atoms with Crippen molar-refractivity contribution < 1.29 is 0 Å². The molecule has 0 aromatic rings. The lowest BCUT2D eigenvalue weighted by Crippen LogP contribution is -2.46. The third kappa shape index (κ3) is 1.50. The Morgan fingerprint density at radius 3 is 2.42 bits per heavy atom. The van der Waals surface area contributed by atoms with E-state index in [9.17, 15) is 0 Å². The maximum Gasteiger partial charge on any atom is 0.00936 e. The molecule has 2 aliphatic carbocycles. The van der Waals surface area contributed by atoms with E-state index in [4.69, 9.17) is 5.73 Å². The molecule has 0 aromatic carbocycles. The van der Waals surface area contributed by atoms with Crippen molar-refractivity contribution in [3.05, 3.63) is 0 Å². The number of hydrogen-bond acceptors (Lipinski definition) is 2. The Hall–Kier alpha value is -0.0800. The van der Waals surface area contributed by atoms with Crippen molar-refractivity contribution in [2.24, 2.45) is 11.1 Å². The van der Waals surface area contributed by atoms with Crippen LogP contribution in [0, 0.1) is 5.41 Å². The summed E-state index contributed by atoms with van der Waals surface area (Å²) >= 11 is 0. The second kappa shape index (κ2) is 3.00. The Bertz CT molecular complexity index is 154. The average Bonchev–Trinajstić information content (AvgIpc) is 2.78. The molecular formula is C10H20N2. The summed E-state index contributed by atoms with van der Waals surface area (Å²) in [6.07, 6.45) is 6.95. The van der Waals surface area contributed by atoms with Crippen molar-refractivity contribution >= 4 is 0 Å². The summed E-state index contributed by atoms with van der Waals surface area (Å²) in [4.78, 5) is 2.52. The first kappa shape index (κ1) is 8.52. The van der Waals surface area contributed by atoms with Gasteiger partial charge in [-0.15, -0.1) is 0 Å². The molecule has 2 aliphatic rings. The highest BCUT2D eigenvalue weighted by Crippen LogP contribution is 2.41. The van der Waals surface area contributed by atoms with Crippen LogP contribution in [0.25, 0.3) is 0 Å². The lowest BCUT2D eigenvalue weighted by atomic mass is 9.68. The minimum Gasteiger partial charge on any atom is -0.330 e. The molecule has 0 amide bonds.